The smallest absolute Gasteiger partial charge is 0.309 e. The van der Waals surface area contributed by atoms with E-state index in [1.165, 1.54) is 0 Å². The number of hydrogen-bond donors (Lipinski definition) is 2. The van der Waals surface area contributed by atoms with Gasteiger partial charge in [0.1, 0.15) is 0 Å². The molecule has 1 aliphatic rings. The maximum Gasteiger partial charge on any atom is 0.309 e. The van der Waals surface area contributed by atoms with E-state index < -0.39 is 0 Å². The van der Waals surface area contributed by atoms with Crippen LogP contribution in [-0.4, -0.2) is 55.5 Å². The van der Waals surface area contributed by atoms with Crippen LogP contribution in [0, 0.1) is 12.8 Å². The van der Waals surface area contributed by atoms with Crippen molar-refractivity contribution in [2.75, 3.05) is 38.1 Å². The second kappa shape index (κ2) is 13.7. The summed E-state index contributed by atoms with van der Waals surface area (Å²) in [5.41, 5.74) is 1.65. The first-order valence-corrected chi connectivity index (χ1v) is 10.6. The van der Waals surface area contributed by atoms with E-state index in [9.17, 15) is 9.59 Å². The molecule has 0 bridgehead atoms. The minimum Gasteiger partial charge on any atom is -0.466 e. The summed E-state index contributed by atoms with van der Waals surface area (Å²) in [5.74, 6) is 0.493. The molecule has 0 saturated carbocycles. The topological polar surface area (TPSA) is 83.0 Å². The molecule has 2 rings (SSSR count). The number of guanidine groups is 1. The van der Waals surface area contributed by atoms with Crippen LogP contribution >= 0.6 is 35.6 Å². The summed E-state index contributed by atoms with van der Waals surface area (Å²) in [6.07, 6.45) is 1.75. The van der Waals surface area contributed by atoms with Crippen LogP contribution in [0.3, 0.4) is 0 Å². The number of hydrogen-bond acceptors (Lipinski definition) is 4. The highest BCUT2D eigenvalue weighted by Gasteiger charge is 2.27. The lowest BCUT2D eigenvalue weighted by molar-refractivity contribution is -0.149. The third-order valence-electron chi connectivity index (χ3n) is 4.75. The molecule has 9 heteroatoms. The van der Waals surface area contributed by atoms with Crippen LogP contribution < -0.4 is 10.6 Å². The molecule has 168 valence electrons. The van der Waals surface area contributed by atoms with Crippen molar-refractivity contribution in [3.05, 3.63) is 28.8 Å². The SMILES string of the molecule is CCNC(=NCCC(=O)Nc1ccc(C)cc1Cl)N1CCC(C(=O)OCC)CC1.I. The number of carbonyl (C=O) groups excluding carboxylic acids is 2. The van der Waals surface area contributed by atoms with Crippen LogP contribution in [0.25, 0.3) is 0 Å². The second-order valence-electron chi connectivity index (χ2n) is 7.03. The highest BCUT2D eigenvalue weighted by molar-refractivity contribution is 14.0. The van der Waals surface area contributed by atoms with Crippen molar-refractivity contribution in [2.45, 2.75) is 40.0 Å². The summed E-state index contributed by atoms with van der Waals surface area (Å²) >= 11 is 6.16. The first-order chi connectivity index (χ1) is 13.9. The lowest BCUT2D eigenvalue weighted by atomic mass is 9.97. The molecule has 1 aromatic carbocycles. The van der Waals surface area contributed by atoms with E-state index in [4.69, 9.17) is 16.3 Å². The molecule has 1 aliphatic heterocycles. The summed E-state index contributed by atoms with van der Waals surface area (Å²) in [6, 6.07) is 5.53. The quantitative estimate of drug-likeness (QED) is 0.233. The Hall–Kier alpha value is -1.55. The molecule has 0 unspecified atom stereocenters. The van der Waals surface area contributed by atoms with Crippen LogP contribution in [0.5, 0.6) is 0 Å². The van der Waals surface area contributed by atoms with E-state index in [0.29, 0.717) is 23.9 Å². The lowest BCUT2D eigenvalue weighted by Crippen LogP contribution is -2.46. The number of anilines is 1. The molecule has 0 spiro atoms. The standard InChI is InChI=1S/C21H31ClN4O3.HI/c1-4-23-21(26-12-9-16(10-13-26)20(28)29-5-2)24-11-8-19(27)25-18-7-6-15(3)14-17(18)22;/h6-7,14,16H,4-5,8-13H2,1-3H3,(H,23,24)(H,25,27);1H. The number of piperidine rings is 1. The number of rotatable bonds is 7. The monoisotopic (exact) mass is 550 g/mol. The Morgan fingerprint density at radius 2 is 1.97 bits per heavy atom. The Morgan fingerprint density at radius 3 is 2.57 bits per heavy atom. The first-order valence-electron chi connectivity index (χ1n) is 10.2. The fraction of sp³-hybridized carbons (Fsp3) is 0.571. The van der Waals surface area contributed by atoms with Crippen molar-refractivity contribution in [3.8, 4) is 0 Å². The maximum absolute atomic E-state index is 12.2. The van der Waals surface area contributed by atoms with Gasteiger partial charge in [-0.25, -0.2) is 0 Å². The van der Waals surface area contributed by atoms with E-state index in [1.54, 1.807) is 6.07 Å². The van der Waals surface area contributed by atoms with Crippen LogP contribution in [-0.2, 0) is 14.3 Å². The number of aryl methyl sites for hydroxylation is 1. The summed E-state index contributed by atoms with van der Waals surface area (Å²) < 4.78 is 5.12. The molecule has 0 atom stereocenters. The number of amides is 1. The number of nitrogens with zero attached hydrogens (tertiary/aromatic N) is 2. The number of esters is 1. The predicted molar refractivity (Wildman–Crippen MR) is 132 cm³/mol. The Kier molecular flexibility index (Phi) is 12.1. The molecule has 1 amide bonds. The van der Waals surface area contributed by atoms with E-state index in [2.05, 4.69) is 20.5 Å². The maximum atomic E-state index is 12.2. The lowest BCUT2D eigenvalue weighted by Gasteiger charge is -2.33. The van der Waals surface area contributed by atoms with E-state index in [0.717, 1.165) is 44.0 Å². The third-order valence-corrected chi connectivity index (χ3v) is 5.06. The second-order valence-corrected chi connectivity index (χ2v) is 7.44. The molecule has 0 aliphatic carbocycles. The highest BCUT2D eigenvalue weighted by Crippen LogP contribution is 2.23. The summed E-state index contributed by atoms with van der Waals surface area (Å²) in [4.78, 5) is 30.8. The normalized spacial score (nSPS) is 14.7. The van der Waals surface area contributed by atoms with Crippen LogP contribution in [0.2, 0.25) is 5.02 Å². The molecule has 1 heterocycles. The number of likely N-dealkylation sites (tertiary alicyclic amines) is 1. The average molecular weight is 551 g/mol. The van der Waals surface area contributed by atoms with Gasteiger partial charge in [-0.3, -0.25) is 14.6 Å². The Balaban J connectivity index is 0.00000450. The van der Waals surface area contributed by atoms with Crippen molar-refractivity contribution in [3.63, 3.8) is 0 Å². The van der Waals surface area contributed by atoms with Crippen LogP contribution in [0.15, 0.2) is 23.2 Å². The molecule has 2 N–H and O–H groups in total. The van der Waals surface area contributed by atoms with Gasteiger partial charge in [0.15, 0.2) is 5.96 Å². The van der Waals surface area contributed by atoms with Gasteiger partial charge < -0.3 is 20.3 Å². The number of carbonyl (C=O) groups is 2. The van der Waals surface area contributed by atoms with Gasteiger partial charge in [0, 0.05) is 26.1 Å². The number of benzene rings is 1. The van der Waals surface area contributed by atoms with Crippen LogP contribution in [0.4, 0.5) is 5.69 Å². The molecule has 0 aromatic heterocycles. The molecule has 1 aromatic rings. The number of halogens is 2. The van der Waals surface area contributed by atoms with Gasteiger partial charge >= 0.3 is 5.97 Å². The molecule has 0 radical (unpaired) electrons. The number of nitrogens with one attached hydrogen (secondary N) is 2. The van der Waals surface area contributed by atoms with Gasteiger partial charge in [-0.2, -0.15) is 0 Å². The van der Waals surface area contributed by atoms with Gasteiger partial charge in [0.05, 0.1) is 29.8 Å². The summed E-state index contributed by atoms with van der Waals surface area (Å²) in [6.45, 7) is 8.78. The van der Waals surface area contributed by atoms with Crippen molar-refractivity contribution >= 4 is 59.1 Å². The van der Waals surface area contributed by atoms with Crippen molar-refractivity contribution < 1.29 is 14.3 Å². The Bertz CT molecular complexity index is 737. The zero-order chi connectivity index (χ0) is 21.2. The molecule has 30 heavy (non-hydrogen) atoms. The van der Waals surface area contributed by atoms with Gasteiger partial charge in [-0.1, -0.05) is 17.7 Å². The molecule has 1 fully saturated rings. The molecular weight excluding hydrogens is 519 g/mol. The fourth-order valence-electron chi connectivity index (χ4n) is 3.21. The third kappa shape index (κ3) is 8.29. The zero-order valence-electron chi connectivity index (χ0n) is 17.9. The molecule has 1 saturated heterocycles. The van der Waals surface area contributed by atoms with Gasteiger partial charge in [0.2, 0.25) is 5.91 Å². The van der Waals surface area contributed by atoms with Crippen molar-refractivity contribution in [2.24, 2.45) is 10.9 Å². The van der Waals surface area contributed by atoms with E-state index >= 15 is 0 Å². The zero-order valence-corrected chi connectivity index (χ0v) is 21.0. The van der Waals surface area contributed by atoms with E-state index in [1.807, 2.05) is 32.9 Å². The number of aliphatic imine (C=N–C) groups is 1. The van der Waals surface area contributed by atoms with Crippen LogP contribution in [0.1, 0.15) is 38.7 Å². The highest BCUT2D eigenvalue weighted by atomic mass is 127. The minimum atomic E-state index is -0.128. The summed E-state index contributed by atoms with van der Waals surface area (Å²) in [5, 5.41) is 6.62. The van der Waals surface area contributed by atoms with Crippen molar-refractivity contribution in [1.82, 2.24) is 10.2 Å². The van der Waals surface area contributed by atoms with Gasteiger partial charge in [-0.05, 0) is 51.3 Å². The largest absolute Gasteiger partial charge is 0.466 e. The van der Waals surface area contributed by atoms with E-state index in [-0.39, 0.29) is 48.2 Å². The Morgan fingerprint density at radius 1 is 1.27 bits per heavy atom. The first kappa shape index (κ1) is 26.5. The Labute approximate surface area is 201 Å². The number of ether oxygens (including phenoxy) is 1. The van der Waals surface area contributed by atoms with Gasteiger partial charge in [-0.15, -0.1) is 24.0 Å². The average Bonchev–Trinajstić information content (AvgIpc) is 2.70. The molecular formula is C21H32ClIN4O3. The van der Waals surface area contributed by atoms with Gasteiger partial charge in [0.25, 0.3) is 0 Å². The molecule has 7 nitrogen and oxygen atoms in total. The predicted octanol–water partition coefficient (Wildman–Crippen LogP) is 3.84. The van der Waals surface area contributed by atoms with Crippen molar-refractivity contribution in [1.29, 1.82) is 0 Å². The minimum absolute atomic E-state index is 0. The summed E-state index contributed by atoms with van der Waals surface area (Å²) in [7, 11) is 0. The fourth-order valence-corrected chi connectivity index (χ4v) is 3.49.